The molecule has 1 fully saturated rings. The molecule has 7 heteroatoms. The lowest BCUT2D eigenvalue weighted by Crippen LogP contribution is -2.37. The Morgan fingerprint density at radius 1 is 1.26 bits per heavy atom. The minimum atomic E-state index is -3.51. The molecule has 100 valence electrons. The van der Waals surface area contributed by atoms with Crippen molar-refractivity contribution in [3.8, 4) is 0 Å². The van der Waals surface area contributed by atoms with Crippen LogP contribution in [0.3, 0.4) is 0 Å². The van der Waals surface area contributed by atoms with Gasteiger partial charge in [-0.25, -0.2) is 13.4 Å². The number of hydrogen-bond acceptors (Lipinski definition) is 4. The minimum absolute atomic E-state index is 0.0107. The van der Waals surface area contributed by atoms with Crippen molar-refractivity contribution in [1.82, 2.24) is 4.31 Å². The lowest BCUT2D eigenvalue weighted by atomic mass is 10.1. The Labute approximate surface area is 120 Å². The van der Waals surface area contributed by atoms with Gasteiger partial charge in [0.1, 0.15) is 12.5 Å². The SMILES string of the molecule is O=S(=O)(c1ccccc1)N1CC(Br)C2C=NC=NC21. The Bertz CT molecular complexity index is 630. The van der Waals surface area contributed by atoms with Crippen molar-refractivity contribution in [2.45, 2.75) is 15.9 Å². The summed E-state index contributed by atoms with van der Waals surface area (Å²) in [4.78, 5) is 8.54. The number of aliphatic imine (C=N–C) groups is 2. The highest BCUT2D eigenvalue weighted by atomic mass is 79.9. The Hall–Kier alpha value is -1.05. The zero-order valence-corrected chi connectivity index (χ0v) is 12.3. The number of alkyl halides is 1. The van der Waals surface area contributed by atoms with Crippen LogP contribution < -0.4 is 0 Å². The van der Waals surface area contributed by atoms with Gasteiger partial charge in [0.05, 0.1) is 4.90 Å². The van der Waals surface area contributed by atoms with Crippen LogP contribution >= 0.6 is 15.9 Å². The van der Waals surface area contributed by atoms with Crippen molar-refractivity contribution in [1.29, 1.82) is 0 Å². The second-order valence-electron chi connectivity index (χ2n) is 4.46. The van der Waals surface area contributed by atoms with E-state index in [1.807, 2.05) is 0 Å². The van der Waals surface area contributed by atoms with Crippen LogP contribution in [-0.4, -0.2) is 42.8 Å². The van der Waals surface area contributed by atoms with E-state index in [1.165, 1.54) is 10.6 Å². The molecule has 0 bridgehead atoms. The van der Waals surface area contributed by atoms with E-state index < -0.39 is 16.2 Å². The third-order valence-electron chi connectivity index (χ3n) is 3.31. The molecule has 0 aliphatic carbocycles. The maximum Gasteiger partial charge on any atom is 0.244 e. The van der Waals surface area contributed by atoms with Crippen molar-refractivity contribution in [2.24, 2.45) is 15.9 Å². The predicted molar refractivity (Wildman–Crippen MR) is 77.3 cm³/mol. The molecule has 0 aromatic heterocycles. The Morgan fingerprint density at radius 3 is 2.74 bits per heavy atom. The number of sulfonamides is 1. The lowest BCUT2D eigenvalue weighted by molar-refractivity contribution is 0.381. The first kappa shape index (κ1) is 13.0. The Morgan fingerprint density at radius 2 is 2.00 bits per heavy atom. The van der Waals surface area contributed by atoms with Gasteiger partial charge in [-0.05, 0) is 12.1 Å². The van der Waals surface area contributed by atoms with Crippen LogP contribution in [0, 0.1) is 5.92 Å². The average Bonchev–Trinajstić information content (AvgIpc) is 2.79. The van der Waals surface area contributed by atoms with Gasteiger partial charge >= 0.3 is 0 Å². The minimum Gasteiger partial charge on any atom is -0.253 e. The zero-order valence-electron chi connectivity index (χ0n) is 9.92. The number of benzene rings is 1. The number of hydrogen-bond donors (Lipinski definition) is 0. The summed E-state index contributed by atoms with van der Waals surface area (Å²) in [5.74, 6) is -0.0107. The zero-order chi connectivity index (χ0) is 13.5. The lowest BCUT2D eigenvalue weighted by Gasteiger charge is -2.23. The third-order valence-corrected chi connectivity index (χ3v) is 6.06. The van der Waals surface area contributed by atoms with Crippen molar-refractivity contribution < 1.29 is 8.42 Å². The molecule has 5 nitrogen and oxygen atoms in total. The number of rotatable bonds is 2. The highest BCUT2D eigenvalue weighted by Gasteiger charge is 2.46. The predicted octanol–water partition coefficient (Wildman–Crippen LogP) is 1.51. The quantitative estimate of drug-likeness (QED) is 0.765. The largest absolute Gasteiger partial charge is 0.253 e. The number of nitrogens with zero attached hydrogens (tertiary/aromatic N) is 3. The smallest absolute Gasteiger partial charge is 0.244 e. The highest BCUT2D eigenvalue weighted by Crippen LogP contribution is 2.34. The Kier molecular flexibility index (Phi) is 3.28. The van der Waals surface area contributed by atoms with E-state index in [2.05, 4.69) is 25.9 Å². The summed E-state index contributed by atoms with van der Waals surface area (Å²) in [6, 6.07) is 8.44. The molecule has 19 heavy (non-hydrogen) atoms. The molecule has 1 aromatic carbocycles. The van der Waals surface area contributed by atoms with Crippen LogP contribution in [0.4, 0.5) is 0 Å². The fourth-order valence-electron chi connectivity index (χ4n) is 2.34. The maximum atomic E-state index is 12.6. The molecule has 0 N–H and O–H groups in total. The van der Waals surface area contributed by atoms with Gasteiger partial charge in [-0.1, -0.05) is 34.1 Å². The van der Waals surface area contributed by atoms with E-state index in [1.54, 1.807) is 36.5 Å². The first-order chi connectivity index (χ1) is 9.10. The van der Waals surface area contributed by atoms with Crippen molar-refractivity contribution in [3.63, 3.8) is 0 Å². The molecule has 2 heterocycles. The van der Waals surface area contributed by atoms with Crippen molar-refractivity contribution in [3.05, 3.63) is 30.3 Å². The fourth-order valence-corrected chi connectivity index (χ4v) is 4.86. The van der Waals surface area contributed by atoms with Gasteiger partial charge < -0.3 is 0 Å². The van der Waals surface area contributed by atoms with E-state index >= 15 is 0 Å². The monoisotopic (exact) mass is 341 g/mol. The summed E-state index contributed by atoms with van der Waals surface area (Å²) in [5.41, 5.74) is 0. The maximum absolute atomic E-state index is 12.6. The molecule has 3 atom stereocenters. The molecule has 3 rings (SSSR count). The first-order valence-corrected chi connectivity index (χ1v) is 8.22. The summed E-state index contributed by atoms with van der Waals surface area (Å²) < 4.78 is 26.7. The van der Waals surface area contributed by atoms with Crippen LogP contribution in [-0.2, 0) is 10.0 Å². The molecular formula is C12H12BrN3O2S. The van der Waals surface area contributed by atoms with Crippen molar-refractivity contribution in [2.75, 3.05) is 6.54 Å². The van der Waals surface area contributed by atoms with Gasteiger partial charge in [0.15, 0.2) is 0 Å². The summed E-state index contributed by atoms with van der Waals surface area (Å²) in [6.45, 7) is 0.399. The van der Waals surface area contributed by atoms with Crippen LogP contribution in [0.25, 0.3) is 0 Å². The van der Waals surface area contributed by atoms with Crippen molar-refractivity contribution >= 4 is 38.5 Å². The van der Waals surface area contributed by atoms with Crippen LogP contribution in [0.15, 0.2) is 45.2 Å². The molecule has 1 aromatic rings. The standard InChI is InChI=1S/C12H12BrN3O2S/c13-11-7-16(12-10(11)6-14-8-15-12)19(17,18)9-4-2-1-3-5-9/h1-6,8,10-12H,7H2. The second-order valence-corrected chi connectivity index (χ2v) is 7.52. The molecule has 3 unspecified atom stereocenters. The van der Waals surface area contributed by atoms with E-state index in [9.17, 15) is 8.42 Å². The molecule has 1 saturated heterocycles. The highest BCUT2D eigenvalue weighted by molar-refractivity contribution is 9.09. The van der Waals surface area contributed by atoms with Gasteiger partial charge in [-0.15, -0.1) is 0 Å². The summed E-state index contributed by atoms with van der Waals surface area (Å²) in [5, 5.41) is 0. The van der Waals surface area contributed by atoms with Gasteiger partial charge in [0, 0.05) is 23.5 Å². The van der Waals surface area contributed by atoms with Gasteiger partial charge in [0.2, 0.25) is 10.0 Å². The van der Waals surface area contributed by atoms with Gasteiger partial charge in [-0.2, -0.15) is 4.31 Å². The van der Waals surface area contributed by atoms with Crippen LogP contribution in [0.1, 0.15) is 0 Å². The first-order valence-electron chi connectivity index (χ1n) is 5.86. The van der Waals surface area contributed by atoms with E-state index in [0.717, 1.165) is 0 Å². The molecule has 2 aliphatic rings. The van der Waals surface area contributed by atoms with Crippen LogP contribution in [0.5, 0.6) is 0 Å². The molecule has 0 saturated carbocycles. The topological polar surface area (TPSA) is 62.1 Å². The third kappa shape index (κ3) is 2.15. The number of fused-ring (bicyclic) bond motifs is 1. The molecule has 0 spiro atoms. The fraction of sp³-hybridized carbons (Fsp3) is 0.333. The second kappa shape index (κ2) is 4.81. The molecular weight excluding hydrogens is 330 g/mol. The number of halogens is 1. The van der Waals surface area contributed by atoms with Gasteiger partial charge in [0.25, 0.3) is 0 Å². The average molecular weight is 342 g/mol. The van der Waals surface area contributed by atoms with E-state index in [0.29, 0.717) is 11.4 Å². The molecule has 0 amide bonds. The Balaban J connectivity index is 1.99. The normalized spacial score (nSPS) is 30.5. The van der Waals surface area contributed by atoms with Gasteiger partial charge in [-0.3, -0.25) is 4.99 Å². The summed E-state index contributed by atoms with van der Waals surface area (Å²) >= 11 is 3.51. The summed E-state index contributed by atoms with van der Waals surface area (Å²) in [7, 11) is -3.51. The van der Waals surface area contributed by atoms with E-state index in [4.69, 9.17) is 0 Å². The summed E-state index contributed by atoms with van der Waals surface area (Å²) in [6.07, 6.45) is 2.78. The molecule has 0 radical (unpaired) electrons. The van der Waals surface area contributed by atoms with E-state index in [-0.39, 0.29) is 10.7 Å². The van der Waals surface area contributed by atoms with Crippen LogP contribution in [0.2, 0.25) is 0 Å². The molecule has 2 aliphatic heterocycles.